The summed E-state index contributed by atoms with van der Waals surface area (Å²) in [5, 5.41) is 2.14. The zero-order valence-electron chi connectivity index (χ0n) is 25.9. The van der Waals surface area contributed by atoms with Gasteiger partial charge in [-0.05, 0) is 128 Å². The Morgan fingerprint density at radius 1 is 0.600 bits per heavy atom. The van der Waals surface area contributed by atoms with Crippen molar-refractivity contribution in [2.75, 3.05) is 5.75 Å². The third-order valence-electron chi connectivity index (χ3n) is 9.60. The molecule has 1 heterocycles. The van der Waals surface area contributed by atoms with Gasteiger partial charge >= 0.3 is 0 Å². The van der Waals surface area contributed by atoms with Crippen LogP contribution < -0.4 is 0 Å². The van der Waals surface area contributed by atoms with E-state index in [1.165, 1.54) is 76.5 Å². The lowest BCUT2D eigenvalue weighted by atomic mass is 9.75. The molecule has 0 aliphatic heterocycles. The molecule has 0 bridgehead atoms. The first kappa shape index (κ1) is 28.4. The van der Waals surface area contributed by atoms with E-state index in [1.807, 2.05) is 11.8 Å². The molecule has 6 aromatic rings. The van der Waals surface area contributed by atoms with Crippen molar-refractivity contribution in [1.29, 1.82) is 0 Å². The summed E-state index contributed by atoms with van der Waals surface area (Å²) >= 11 is 3.71. The minimum Gasteiger partial charge on any atom is -0.144 e. The van der Waals surface area contributed by atoms with Crippen LogP contribution >= 0.6 is 23.1 Å². The van der Waals surface area contributed by atoms with Gasteiger partial charge in [0.25, 0.3) is 0 Å². The maximum Gasteiger partial charge on any atom is 0.0342 e. The molecule has 0 N–H and O–H groups in total. The minimum atomic E-state index is 1.09. The molecule has 2 aliphatic carbocycles. The zero-order valence-corrected chi connectivity index (χ0v) is 27.5. The average molecular weight is 617 g/mol. The molecule has 8 rings (SSSR count). The Hall–Kier alpha value is -4.11. The highest BCUT2D eigenvalue weighted by Crippen LogP contribution is 2.44. The smallest absolute Gasteiger partial charge is 0.0342 e. The van der Waals surface area contributed by atoms with Gasteiger partial charge in [-0.15, -0.1) is 23.1 Å². The summed E-state index contributed by atoms with van der Waals surface area (Å²) in [7, 11) is 0. The number of fused-ring (bicyclic) bond motifs is 7. The van der Waals surface area contributed by atoms with E-state index in [1.54, 1.807) is 22.5 Å². The summed E-state index contributed by atoms with van der Waals surface area (Å²) in [5.41, 5.74) is 19.6. The van der Waals surface area contributed by atoms with Gasteiger partial charge in [0, 0.05) is 9.78 Å². The summed E-state index contributed by atoms with van der Waals surface area (Å²) in [6, 6.07) is 41.5. The Balaban J connectivity index is 1.07. The molecule has 0 radical (unpaired) electrons. The quantitative estimate of drug-likeness (QED) is 0.179. The number of aryl methyl sites for hydroxylation is 2. The largest absolute Gasteiger partial charge is 0.144 e. The topological polar surface area (TPSA) is 0 Å². The molecular weight excluding hydrogens is 581 g/mol. The van der Waals surface area contributed by atoms with Crippen LogP contribution in [-0.2, 0) is 25.7 Å². The van der Waals surface area contributed by atoms with Crippen molar-refractivity contribution >= 4 is 28.0 Å². The number of thioether (sulfide) groups is 1. The van der Waals surface area contributed by atoms with Gasteiger partial charge in [-0.1, -0.05) is 116 Å². The molecule has 2 heteroatoms. The molecule has 0 amide bonds. The number of hydrogen-bond acceptors (Lipinski definition) is 2. The van der Waals surface area contributed by atoms with Gasteiger partial charge in [-0.2, -0.15) is 0 Å². The monoisotopic (exact) mass is 616 g/mol. The number of hydrogen-bond donors (Lipinski definition) is 0. The van der Waals surface area contributed by atoms with Gasteiger partial charge in [0.05, 0.1) is 0 Å². The Bertz CT molecular complexity index is 2040. The summed E-state index contributed by atoms with van der Waals surface area (Å²) < 4.78 is 0. The predicted molar refractivity (Wildman–Crippen MR) is 198 cm³/mol. The van der Waals surface area contributed by atoms with Crippen molar-refractivity contribution in [3.63, 3.8) is 0 Å². The van der Waals surface area contributed by atoms with Crippen LogP contribution in [-0.4, -0.2) is 5.75 Å². The van der Waals surface area contributed by atoms with Crippen molar-refractivity contribution < 1.29 is 0 Å². The number of allylic oxidation sites excluding steroid dienone is 1. The highest BCUT2D eigenvalue weighted by molar-refractivity contribution is 8.08. The van der Waals surface area contributed by atoms with Crippen LogP contribution in [0.25, 0.3) is 59.9 Å². The third-order valence-corrected chi connectivity index (χ3v) is 11.6. The van der Waals surface area contributed by atoms with Gasteiger partial charge in [0.2, 0.25) is 0 Å². The third kappa shape index (κ3) is 5.21. The van der Waals surface area contributed by atoms with Crippen LogP contribution in [0.3, 0.4) is 0 Å². The maximum absolute atomic E-state index is 2.44. The van der Waals surface area contributed by atoms with Crippen molar-refractivity contribution in [3.8, 4) is 54.9 Å². The van der Waals surface area contributed by atoms with Crippen molar-refractivity contribution in [1.82, 2.24) is 0 Å². The van der Waals surface area contributed by atoms with Crippen LogP contribution in [0.5, 0.6) is 0 Å². The fourth-order valence-corrected chi connectivity index (χ4v) is 8.87. The molecule has 0 spiro atoms. The maximum atomic E-state index is 2.44. The van der Waals surface area contributed by atoms with Gasteiger partial charge in [-0.25, -0.2) is 0 Å². The summed E-state index contributed by atoms with van der Waals surface area (Å²) in [4.78, 5) is 2.68. The predicted octanol–water partition coefficient (Wildman–Crippen LogP) is 12.4. The summed E-state index contributed by atoms with van der Waals surface area (Å²) in [6.07, 6.45) is 6.68. The van der Waals surface area contributed by atoms with E-state index in [-0.39, 0.29) is 0 Å². The SMILES string of the molecule is C/C=C(\SCC)c1ccc(-c2ccc3c(c2)CCc2c-3ccc3c2CCc2cc(-c4ccc(-c5cccs5)cc4)ccc2-3)cc1. The van der Waals surface area contributed by atoms with Crippen molar-refractivity contribution in [2.45, 2.75) is 39.5 Å². The lowest BCUT2D eigenvalue weighted by Crippen LogP contribution is -2.12. The molecule has 0 saturated carbocycles. The van der Waals surface area contributed by atoms with Gasteiger partial charge in [0.15, 0.2) is 0 Å². The van der Waals surface area contributed by atoms with Crippen LogP contribution in [0.1, 0.15) is 41.7 Å². The molecule has 45 heavy (non-hydrogen) atoms. The Morgan fingerprint density at radius 3 is 1.62 bits per heavy atom. The highest BCUT2D eigenvalue weighted by atomic mass is 32.2. The first-order chi connectivity index (χ1) is 22.2. The zero-order chi connectivity index (χ0) is 30.3. The molecule has 220 valence electrons. The molecule has 0 atom stereocenters. The second-order valence-electron chi connectivity index (χ2n) is 12.1. The van der Waals surface area contributed by atoms with E-state index >= 15 is 0 Å². The molecule has 1 aromatic heterocycles. The molecule has 2 aliphatic rings. The average Bonchev–Trinajstić information content (AvgIpc) is 3.65. The normalized spacial score (nSPS) is 13.5. The molecule has 5 aromatic carbocycles. The lowest BCUT2D eigenvalue weighted by Gasteiger charge is -2.29. The lowest BCUT2D eigenvalue weighted by molar-refractivity contribution is 0.875. The molecule has 0 nitrogen and oxygen atoms in total. The minimum absolute atomic E-state index is 1.09. The highest BCUT2D eigenvalue weighted by Gasteiger charge is 2.25. The fourth-order valence-electron chi connectivity index (χ4n) is 7.36. The first-order valence-electron chi connectivity index (χ1n) is 16.2. The number of benzene rings is 5. The summed E-state index contributed by atoms with van der Waals surface area (Å²) in [6.45, 7) is 4.35. The van der Waals surface area contributed by atoms with Crippen molar-refractivity contribution in [3.05, 3.63) is 148 Å². The van der Waals surface area contributed by atoms with Gasteiger partial charge in [-0.3, -0.25) is 0 Å². The standard InChI is InChI=1S/C43H36S2/c1-3-42(44-4-2)30-11-7-28(8-12-30)32-15-19-36-34(26-32)17-21-40-38(36)23-24-39-37-20-16-33(27-35(37)18-22-41(39)40)29-9-13-31(14-10-29)43-6-5-25-45-43/h3,5-16,19-20,23-27H,4,17-18,21-22H2,1-2H3/b42-3-. The molecule has 0 unspecified atom stereocenters. The Morgan fingerprint density at radius 2 is 1.11 bits per heavy atom. The second-order valence-corrected chi connectivity index (χ2v) is 14.3. The van der Waals surface area contributed by atoms with E-state index in [4.69, 9.17) is 0 Å². The van der Waals surface area contributed by atoms with Gasteiger partial charge < -0.3 is 0 Å². The van der Waals surface area contributed by atoms with Crippen LogP contribution in [0.15, 0.2) is 121 Å². The van der Waals surface area contributed by atoms with E-state index in [0.29, 0.717) is 0 Å². The number of rotatable bonds is 6. The number of thiophene rings is 1. The van der Waals surface area contributed by atoms with E-state index in [0.717, 1.165) is 31.4 Å². The Kier molecular flexibility index (Phi) is 7.57. The fraction of sp³-hybridized carbons (Fsp3) is 0.163. The second kappa shape index (κ2) is 12.0. The molecule has 0 fully saturated rings. The Labute approximate surface area is 275 Å². The van der Waals surface area contributed by atoms with Crippen molar-refractivity contribution in [2.24, 2.45) is 0 Å². The van der Waals surface area contributed by atoms with E-state index < -0.39 is 0 Å². The van der Waals surface area contributed by atoms with Crippen LogP contribution in [0.4, 0.5) is 0 Å². The molecule has 0 saturated heterocycles. The van der Waals surface area contributed by atoms with Gasteiger partial charge in [0.1, 0.15) is 0 Å². The molecular formula is C43H36S2. The van der Waals surface area contributed by atoms with Crippen LogP contribution in [0, 0.1) is 0 Å². The first-order valence-corrected chi connectivity index (χ1v) is 18.0. The van der Waals surface area contributed by atoms with Crippen LogP contribution in [0.2, 0.25) is 0 Å². The van der Waals surface area contributed by atoms with E-state index in [2.05, 4.69) is 134 Å². The summed E-state index contributed by atoms with van der Waals surface area (Å²) in [5.74, 6) is 1.09. The van der Waals surface area contributed by atoms with E-state index in [9.17, 15) is 0 Å².